The molecule has 1 amide bonds. The lowest BCUT2D eigenvalue weighted by atomic mass is 9.83. The molecular weight excluding hydrogens is 265 g/mol. The van der Waals surface area contributed by atoms with Crippen molar-refractivity contribution in [2.24, 2.45) is 5.92 Å². The Labute approximate surface area is 115 Å². The average molecular weight is 281 g/mol. The number of nitrogen functional groups attached to an aromatic ring is 1. The van der Waals surface area contributed by atoms with E-state index in [1.807, 2.05) is 0 Å². The maximum atomic E-state index is 13.6. The van der Waals surface area contributed by atoms with Crippen molar-refractivity contribution >= 4 is 17.3 Å². The number of hydrogen-bond acceptors (Lipinski definition) is 4. The van der Waals surface area contributed by atoms with Gasteiger partial charge >= 0.3 is 0 Å². The molecular formula is C13H16FN3O3. The summed E-state index contributed by atoms with van der Waals surface area (Å²) in [4.78, 5) is 21.9. The van der Waals surface area contributed by atoms with E-state index in [0.29, 0.717) is 12.5 Å². The predicted molar refractivity (Wildman–Crippen MR) is 71.8 cm³/mol. The van der Waals surface area contributed by atoms with Crippen molar-refractivity contribution in [3.63, 3.8) is 0 Å². The lowest BCUT2D eigenvalue weighted by Gasteiger charge is -2.25. The van der Waals surface area contributed by atoms with Crippen LogP contribution in [0.1, 0.15) is 36.0 Å². The molecule has 1 aromatic rings. The van der Waals surface area contributed by atoms with Crippen LogP contribution in [0.3, 0.4) is 0 Å². The number of rotatable bonds is 5. The van der Waals surface area contributed by atoms with Gasteiger partial charge in [-0.1, -0.05) is 19.3 Å². The molecule has 7 heteroatoms. The van der Waals surface area contributed by atoms with Gasteiger partial charge in [-0.3, -0.25) is 14.9 Å². The number of benzene rings is 1. The van der Waals surface area contributed by atoms with Gasteiger partial charge in [-0.05, 0) is 18.4 Å². The molecule has 20 heavy (non-hydrogen) atoms. The summed E-state index contributed by atoms with van der Waals surface area (Å²) in [5, 5.41) is 13.3. The summed E-state index contributed by atoms with van der Waals surface area (Å²) in [5.74, 6) is -0.945. The van der Waals surface area contributed by atoms with Crippen molar-refractivity contribution in [1.82, 2.24) is 5.32 Å². The third-order valence-electron chi connectivity index (χ3n) is 3.66. The molecule has 0 heterocycles. The van der Waals surface area contributed by atoms with E-state index in [0.717, 1.165) is 31.4 Å². The highest BCUT2D eigenvalue weighted by Gasteiger charge is 2.24. The molecule has 1 aliphatic rings. The van der Waals surface area contributed by atoms with Crippen LogP contribution < -0.4 is 11.1 Å². The Morgan fingerprint density at radius 3 is 2.75 bits per heavy atom. The quantitative estimate of drug-likeness (QED) is 0.491. The molecule has 2 rings (SSSR count). The fraction of sp³-hybridized carbons (Fsp3) is 0.462. The van der Waals surface area contributed by atoms with Crippen LogP contribution in [-0.4, -0.2) is 17.4 Å². The summed E-state index contributed by atoms with van der Waals surface area (Å²) in [6.07, 6.45) is 4.36. The van der Waals surface area contributed by atoms with E-state index in [9.17, 15) is 19.3 Å². The smallest absolute Gasteiger partial charge is 0.293 e. The fourth-order valence-electron chi connectivity index (χ4n) is 2.23. The van der Waals surface area contributed by atoms with Crippen LogP contribution >= 0.6 is 0 Å². The van der Waals surface area contributed by atoms with Crippen molar-refractivity contribution in [3.05, 3.63) is 33.6 Å². The Bertz CT molecular complexity index is 544. The molecule has 3 N–H and O–H groups in total. The Morgan fingerprint density at radius 1 is 1.50 bits per heavy atom. The largest absolute Gasteiger partial charge is 0.392 e. The second-order valence-electron chi connectivity index (χ2n) is 4.95. The summed E-state index contributed by atoms with van der Waals surface area (Å²) in [6, 6.07) is 1.84. The summed E-state index contributed by atoms with van der Waals surface area (Å²) < 4.78 is 13.6. The van der Waals surface area contributed by atoms with Crippen LogP contribution in [0.2, 0.25) is 0 Å². The number of carbonyl (C=O) groups is 1. The van der Waals surface area contributed by atoms with E-state index in [4.69, 9.17) is 5.73 Å². The zero-order valence-corrected chi connectivity index (χ0v) is 10.9. The summed E-state index contributed by atoms with van der Waals surface area (Å²) in [7, 11) is 0. The molecule has 0 aliphatic heterocycles. The second-order valence-corrected chi connectivity index (χ2v) is 4.95. The molecule has 6 nitrogen and oxygen atoms in total. The second kappa shape index (κ2) is 5.85. The van der Waals surface area contributed by atoms with Gasteiger partial charge in [0.25, 0.3) is 11.6 Å². The number of halogens is 1. The highest BCUT2D eigenvalue weighted by Crippen LogP contribution is 2.29. The van der Waals surface area contributed by atoms with Gasteiger partial charge in [0.05, 0.1) is 4.92 Å². The fourth-order valence-corrected chi connectivity index (χ4v) is 2.23. The Hall–Kier alpha value is -2.18. The topological polar surface area (TPSA) is 98.3 Å². The van der Waals surface area contributed by atoms with Crippen molar-refractivity contribution < 1.29 is 14.1 Å². The number of nitro benzene ring substituents is 1. The van der Waals surface area contributed by atoms with Gasteiger partial charge in [-0.25, -0.2) is 4.39 Å². The van der Waals surface area contributed by atoms with Crippen molar-refractivity contribution in [1.29, 1.82) is 0 Å². The van der Waals surface area contributed by atoms with E-state index in [1.165, 1.54) is 6.42 Å². The van der Waals surface area contributed by atoms with E-state index in [1.54, 1.807) is 0 Å². The molecule has 0 spiro atoms. The van der Waals surface area contributed by atoms with Crippen molar-refractivity contribution in [2.45, 2.75) is 25.7 Å². The standard InChI is InChI=1S/C13H16FN3O3/c14-9-4-5-10(17(19)20)12(15)11(9)13(18)16-7-6-8-2-1-3-8/h4-5,8H,1-3,6-7,15H2,(H,16,18). The number of hydrogen-bond donors (Lipinski definition) is 2. The zero-order chi connectivity index (χ0) is 14.7. The van der Waals surface area contributed by atoms with Gasteiger partial charge in [-0.2, -0.15) is 0 Å². The monoisotopic (exact) mass is 281 g/mol. The number of amides is 1. The molecule has 0 unspecified atom stereocenters. The molecule has 1 fully saturated rings. The summed E-state index contributed by atoms with van der Waals surface area (Å²) >= 11 is 0. The van der Waals surface area contributed by atoms with Gasteiger partial charge in [0.15, 0.2) is 0 Å². The first kappa shape index (κ1) is 14.2. The van der Waals surface area contributed by atoms with Crippen LogP contribution in [0.4, 0.5) is 15.8 Å². The number of nitrogens with two attached hydrogens (primary N) is 1. The first-order valence-electron chi connectivity index (χ1n) is 6.51. The number of nitrogens with zero attached hydrogens (tertiary/aromatic N) is 1. The molecule has 1 aliphatic carbocycles. The molecule has 0 atom stereocenters. The normalized spacial score (nSPS) is 14.7. The first-order valence-corrected chi connectivity index (χ1v) is 6.51. The Morgan fingerprint density at radius 2 is 2.20 bits per heavy atom. The third kappa shape index (κ3) is 2.87. The predicted octanol–water partition coefficient (Wildman–Crippen LogP) is 2.24. The third-order valence-corrected chi connectivity index (χ3v) is 3.66. The van der Waals surface area contributed by atoms with Crippen LogP contribution in [0.15, 0.2) is 12.1 Å². The number of carbonyl (C=O) groups excluding carboxylic acids is 1. The molecule has 0 aromatic heterocycles. The average Bonchev–Trinajstić information content (AvgIpc) is 2.31. The molecule has 1 saturated carbocycles. The van der Waals surface area contributed by atoms with Gasteiger partial charge in [0, 0.05) is 12.6 Å². The Kier molecular flexibility index (Phi) is 4.16. The number of nitrogens with one attached hydrogen (secondary N) is 1. The molecule has 0 saturated heterocycles. The number of anilines is 1. The lowest BCUT2D eigenvalue weighted by Crippen LogP contribution is -2.29. The van der Waals surface area contributed by atoms with Gasteiger partial charge in [0.1, 0.15) is 17.1 Å². The SMILES string of the molecule is Nc1c([N+](=O)[O-])ccc(F)c1C(=O)NCCC1CCC1. The van der Waals surface area contributed by atoms with E-state index in [2.05, 4.69) is 5.32 Å². The summed E-state index contributed by atoms with van der Waals surface area (Å²) in [5.41, 5.74) is 4.16. The lowest BCUT2D eigenvalue weighted by molar-refractivity contribution is -0.384. The summed E-state index contributed by atoms with van der Waals surface area (Å²) in [6.45, 7) is 0.422. The molecule has 0 radical (unpaired) electrons. The van der Waals surface area contributed by atoms with Crippen LogP contribution in [0.25, 0.3) is 0 Å². The minimum atomic E-state index is -0.853. The first-order chi connectivity index (χ1) is 9.50. The van der Waals surface area contributed by atoms with Gasteiger partial charge in [-0.15, -0.1) is 0 Å². The van der Waals surface area contributed by atoms with Crippen LogP contribution in [0.5, 0.6) is 0 Å². The number of nitro groups is 1. The molecule has 0 bridgehead atoms. The minimum Gasteiger partial charge on any atom is -0.392 e. The van der Waals surface area contributed by atoms with E-state index in [-0.39, 0.29) is 0 Å². The maximum Gasteiger partial charge on any atom is 0.293 e. The van der Waals surface area contributed by atoms with Crippen LogP contribution in [-0.2, 0) is 0 Å². The van der Waals surface area contributed by atoms with Gasteiger partial charge < -0.3 is 11.1 Å². The zero-order valence-electron chi connectivity index (χ0n) is 10.9. The minimum absolute atomic E-state index is 0.422. The van der Waals surface area contributed by atoms with Crippen molar-refractivity contribution in [3.8, 4) is 0 Å². The van der Waals surface area contributed by atoms with Crippen LogP contribution in [0, 0.1) is 21.8 Å². The van der Waals surface area contributed by atoms with E-state index < -0.39 is 33.6 Å². The molecule has 1 aromatic carbocycles. The highest BCUT2D eigenvalue weighted by molar-refractivity contribution is 6.01. The Balaban J connectivity index is 2.07. The van der Waals surface area contributed by atoms with Crippen molar-refractivity contribution in [2.75, 3.05) is 12.3 Å². The van der Waals surface area contributed by atoms with E-state index >= 15 is 0 Å². The molecule has 108 valence electrons. The van der Waals surface area contributed by atoms with Gasteiger partial charge in [0.2, 0.25) is 0 Å². The highest BCUT2D eigenvalue weighted by atomic mass is 19.1. The maximum absolute atomic E-state index is 13.6.